The van der Waals surface area contributed by atoms with Gasteiger partial charge in [-0.05, 0) is 42.3 Å². The summed E-state index contributed by atoms with van der Waals surface area (Å²) in [6.07, 6.45) is -4.55. The highest BCUT2D eigenvalue weighted by Gasteiger charge is 2.32. The molecule has 0 heterocycles. The number of hydrogen-bond donors (Lipinski definition) is 0. The van der Waals surface area contributed by atoms with E-state index in [2.05, 4.69) is 15.9 Å². The van der Waals surface area contributed by atoms with E-state index in [0.29, 0.717) is 17.2 Å². The first-order chi connectivity index (χ1) is 9.70. The molecule has 0 saturated heterocycles. The maximum absolute atomic E-state index is 13.8. The fraction of sp³-hybridized carbons (Fsp3) is 0.200. The van der Waals surface area contributed by atoms with Crippen LogP contribution in [0.1, 0.15) is 27.1 Å². The normalized spacial score (nSPS) is 13.3. The topological polar surface area (TPSA) is 0 Å². The molecule has 0 aliphatic rings. The summed E-state index contributed by atoms with van der Waals surface area (Å²) in [5, 5.41) is 0. The molecule has 112 valence electrons. The van der Waals surface area contributed by atoms with Crippen LogP contribution in [0, 0.1) is 18.6 Å². The van der Waals surface area contributed by atoms with Gasteiger partial charge < -0.3 is 0 Å². The van der Waals surface area contributed by atoms with Gasteiger partial charge in [0.25, 0.3) is 0 Å². The van der Waals surface area contributed by atoms with Crippen molar-refractivity contribution in [3.8, 4) is 0 Å². The molecule has 0 fully saturated rings. The van der Waals surface area contributed by atoms with Crippen LogP contribution >= 0.6 is 15.9 Å². The van der Waals surface area contributed by atoms with E-state index in [9.17, 15) is 22.0 Å². The Hall–Kier alpha value is -1.43. The Morgan fingerprint density at radius 1 is 0.952 bits per heavy atom. The van der Waals surface area contributed by atoms with Gasteiger partial charge in [-0.15, -0.1) is 0 Å². The first-order valence-corrected chi connectivity index (χ1v) is 6.88. The minimum Gasteiger partial charge on any atom is -0.207 e. The molecule has 6 heteroatoms. The smallest absolute Gasteiger partial charge is 0.207 e. The summed E-state index contributed by atoms with van der Waals surface area (Å²) in [6.45, 7) is 1.53. The van der Waals surface area contributed by atoms with Gasteiger partial charge in [0.1, 0.15) is 11.6 Å². The summed E-state index contributed by atoms with van der Waals surface area (Å²) < 4.78 is 65.1. The number of hydrogen-bond acceptors (Lipinski definition) is 0. The molecule has 0 aliphatic carbocycles. The molecule has 0 aromatic heterocycles. The molecule has 0 amide bonds. The Morgan fingerprint density at radius 3 is 2.14 bits per heavy atom. The third-order valence-corrected chi connectivity index (χ3v) is 4.09. The van der Waals surface area contributed by atoms with Crippen molar-refractivity contribution in [3.63, 3.8) is 0 Å². The minimum absolute atomic E-state index is 0.143. The quantitative estimate of drug-likeness (QED) is 0.468. The molecule has 2 rings (SSSR count). The van der Waals surface area contributed by atoms with Crippen molar-refractivity contribution in [2.75, 3.05) is 0 Å². The van der Waals surface area contributed by atoms with E-state index in [1.807, 2.05) is 0 Å². The maximum atomic E-state index is 13.8. The van der Waals surface area contributed by atoms with Crippen LogP contribution in [0.3, 0.4) is 0 Å². The van der Waals surface area contributed by atoms with Gasteiger partial charge in [0.15, 0.2) is 0 Å². The Balaban J connectivity index is 2.47. The predicted molar refractivity (Wildman–Crippen MR) is 73.3 cm³/mol. The SMILES string of the molecule is Cc1cc(C(Br)c2cc(C(F)(F)F)ccc2F)ccc1F. The monoisotopic (exact) mass is 364 g/mol. The molecule has 0 N–H and O–H groups in total. The summed E-state index contributed by atoms with van der Waals surface area (Å²) in [7, 11) is 0. The number of benzene rings is 2. The molecule has 0 nitrogen and oxygen atoms in total. The van der Waals surface area contributed by atoms with Gasteiger partial charge >= 0.3 is 6.18 Å². The molecule has 2 aromatic rings. The van der Waals surface area contributed by atoms with E-state index in [1.54, 1.807) is 0 Å². The highest BCUT2D eigenvalue weighted by atomic mass is 79.9. The zero-order chi connectivity index (χ0) is 15.8. The van der Waals surface area contributed by atoms with Gasteiger partial charge in [-0.3, -0.25) is 0 Å². The molecule has 0 radical (unpaired) electrons. The number of aryl methyl sites for hydroxylation is 1. The standard InChI is InChI=1S/C15H10BrF5/c1-8-6-9(2-4-12(8)17)14(16)11-7-10(15(19,20)21)3-5-13(11)18/h2-7,14H,1H3. The van der Waals surface area contributed by atoms with Gasteiger partial charge in [0, 0.05) is 5.56 Å². The van der Waals surface area contributed by atoms with Crippen LogP contribution in [0.5, 0.6) is 0 Å². The first kappa shape index (κ1) is 15.9. The van der Waals surface area contributed by atoms with Crippen LogP contribution in [-0.4, -0.2) is 0 Å². The van der Waals surface area contributed by atoms with Crippen molar-refractivity contribution in [1.29, 1.82) is 0 Å². The van der Waals surface area contributed by atoms with Crippen LogP contribution in [0.15, 0.2) is 36.4 Å². The van der Waals surface area contributed by atoms with Crippen LogP contribution < -0.4 is 0 Å². The fourth-order valence-electron chi connectivity index (χ4n) is 1.92. The average molecular weight is 365 g/mol. The molecule has 21 heavy (non-hydrogen) atoms. The third kappa shape index (κ3) is 3.43. The number of rotatable bonds is 2. The second kappa shape index (κ2) is 5.75. The lowest BCUT2D eigenvalue weighted by molar-refractivity contribution is -0.137. The molecule has 2 aromatic carbocycles. The van der Waals surface area contributed by atoms with Crippen LogP contribution in [0.2, 0.25) is 0 Å². The van der Waals surface area contributed by atoms with Crippen molar-refractivity contribution in [3.05, 3.63) is 70.3 Å². The molecule has 0 aliphatic heterocycles. The van der Waals surface area contributed by atoms with Gasteiger partial charge in [0.2, 0.25) is 0 Å². The first-order valence-electron chi connectivity index (χ1n) is 5.97. The molecule has 1 unspecified atom stereocenters. The average Bonchev–Trinajstić information content (AvgIpc) is 2.40. The summed E-state index contributed by atoms with van der Waals surface area (Å²) >= 11 is 3.17. The summed E-state index contributed by atoms with van der Waals surface area (Å²) in [5.74, 6) is -1.19. The zero-order valence-corrected chi connectivity index (χ0v) is 12.4. The van der Waals surface area contributed by atoms with E-state index >= 15 is 0 Å². The molecule has 0 spiro atoms. The fourth-order valence-corrected chi connectivity index (χ4v) is 2.56. The predicted octanol–water partition coefficient (Wildman–Crippen LogP) is 5.78. The number of alkyl halides is 4. The summed E-state index contributed by atoms with van der Waals surface area (Å²) in [5.41, 5.74) is -0.255. The second-order valence-electron chi connectivity index (χ2n) is 4.61. The Morgan fingerprint density at radius 2 is 1.57 bits per heavy atom. The Kier molecular flexibility index (Phi) is 4.37. The molecule has 1 atom stereocenters. The van der Waals surface area contributed by atoms with E-state index < -0.39 is 28.2 Å². The lowest BCUT2D eigenvalue weighted by atomic mass is 10.0. The van der Waals surface area contributed by atoms with Crippen LogP contribution in [0.25, 0.3) is 0 Å². The number of halogens is 6. The van der Waals surface area contributed by atoms with Crippen molar-refractivity contribution in [2.24, 2.45) is 0 Å². The Labute approximate surface area is 126 Å². The van der Waals surface area contributed by atoms with Crippen molar-refractivity contribution in [1.82, 2.24) is 0 Å². The molecule has 0 saturated carbocycles. The summed E-state index contributed by atoms with van der Waals surface area (Å²) in [4.78, 5) is -0.793. The lowest BCUT2D eigenvalue weighted by Gasteiger charge is -2.15. The highest BCUT2D eigenvalue weighted by molar-refractivity contribution is 9.09. The minimum atomic E-state index is -4.55. The second-order valence-corrected chi connectivity index (χ2v) is 5.52. The van der Waals surface area contributed by atoms with Crippen LogP contribution in [-0.2, 0) is 6.18 Å². The van der Waals surface area contributed by atoms with E-state index in [1.165, 1.54) is 25.1 Å². The van der Waals surface area contributed by atoms with Crippen molar-refractivity contribution in [2.45, 2.75) is 17.9 Å². The van der Waals surface area contributed by atoms with E-state index in [4.69, 9.17) is 0 Å². The molecular weight excluding hydrogens is 355 g/mol. The van der Waals surface area contributed by atoms with E-state index in [-0.39, 0.29) is 5.56 Å². The summed E-state index contributed by atoms with van der Waals surface area (Å²) in [6, 6.07) is 6.30. The third-order valence-electron chi connectivity index (χ3n) is 3.07. The Bertz CT molecular complexity index is 664. The van der Waals surface area contributed by atoms with Crippen molar-refractivity contribution < 1.29 is 22.0 Å². The van der Waals surface area contributed by atoms with Gasteiger partial charge in [0.05, 0.1) is 10.4 Å². The largest absolute Gasteiger partial charge is 0.416 e. The molecular formula is C15H10BrF5. The van der Waals surface area contributed by atoms with E-state index in [0.717, 1.165) is 12.1 Å². The maximum Gasteiger partial charge on any atom is 0.416 e. The van der Waals surface area contributed by atoms with Gasteiger partial charge in [-0.1, -0.05) is 28.1 Å². The van der Waals surface area contributed by atoms with Crippen LogP contribution in [0.4, 0.5) is 22.0 Å². The van der Waals surface area contributed by atoms with Gasteiger partial charge in [-0.2, -0.15) is 13.2 Å². The highest BCUT2D eigenvalue weighted by Crippen LogP contribution is 2.37. The zero-order valence-electron chi connectivity index (χ0n) is 10.8. The van der Waals surface area contributed by atoms with Gasteiger partial charge in [-0.25, -0.2) is 8.78 Å². The van der Waals surface area contributed by atoms with Crippen molar-refractivity contribution >= 4 is 15.9 Å². The molecule has 0 bridgehead atoms. The lowest BCUT2D eigenvalue weighted by Crippen LogP contribution is -2.07.